The van der Waals surface area contributed by atoms with Crippen molar-refractivity contribution in [3.05, 3.63) is 30.3 Å². The molecule has 0 bridgehead atoms. The minimum absolute atomic E-state index is 0.0175. The number of amides is 4. The van der Waals surface area contributed by atoms with Gasteiger partial charge in [0.25, 0.3) is 5.91 Å². The lowest BCUT2D eigenvalue weighted by molar-refractivity contribution is -0.137. The summed E-state index contributed by atoms with van der Waals surface area (Å²) in [5, 5.41) is 5.93. The molecule has 1 atom stereocenters. The molecule has 8 heteroatoms. The maximum Gasteiger partial charge on any atom is 0.317 e. The van der Waals surface area contributed by atoms with Crippen LogP contribution in [0.5, 0.6) is 0 Å². The Morgan fingerprint density at radius 1 is 1.09 bits per heavy atom. The van der Waals surface area contributed by atoms with Crippen molar-refractivity contribution in [2.24, 2.45) is 5.92 Å². The van der Waals surface area contributed by atoms with E-state index in [1.807, 2.05) is 30.3 Å². The van der Waals surface area contributed by atoms with Gasteiger partial charge < -0.3 is 25.3 Å². The van der Waals surface area contributed by atoms with Gasteiger partial charge in [0.15, 0.2) is 0 Å². The molecule has 1 aromatic carbocycles. The van der Waals surface area contributed by atoms with E-state index >= 15 is 0 Å². The number of hydrogen-bond donors (Lipinski definition) is 2. The summed E-state index contributed by atoms with van der Waals surface area (Å²) < 4.78 is 0. The third-order valence-corrected chi connectivity index (χ3v) is 6.95. The van der Waals surface area contributed by atoms with Crippen molar-refractivity contribution in [1.29, 1.82) is 0 Å². The van der Waals surface area contributed by atoms with Gasteiger partial charge in [0.1, 0.15) is 12.1 Å². The van der Waals surface area contributed by atoms with E-state index in [1.54, 1.807) is 9.80 Å². The Morgan fingerprint density at radius 3 is 2.42 bits per heavy atom. The first-order chi connectivity index (χ1) is 15.9. The highest BCUT2D eigenvalue weighted by Gasteiger charge is 2.54. The predicted molar refractivity (Wildman–Crippen MR) is 130 cm³/mol. The van der Waals surface area contributed by atoms with Crippen LogP contribution in [0.1, 0.15) is 52.9 Å². The molecule has 1 unspecified atom stereocenters. The molecular formula is C25H39N5O3. The number of carbonyl (C=O) groups is 3. The van der Waals surface area contributed by atoms with Crippen LogP contribution in [-0.4, -0.2) is 72.6 Å². The Kier molecular flexibility index (Phi) is 8.58. The Morgan fingerprint density at radius 2 is 1.79 bits per heavy atom. The van der Waals surface area contributed by atoms with E-state index in [4.69, 9.17) is 0 Å². The number of likely N-dealkylation sites (tertiary alicyclic amines) is 1. The van der Waals surface area contributed by atoms with Crippen LogP contribution in [-0.2, 0) is 9.59 Å². The summed E-state index contributed by atoms with van der Waals surface area (Å²) in [6.45, 7) is 9.04. The maximum atomic E-state index is 13.7. The number of para-hydroxylation sites is 1. The molecule has 8 nitrogen and oxygen atoms in total. The van der Waals surface area contributed by atoms with Crippen molar-refractivity contribution in [3.8, 4) is 0 Å². The summed E-state index contributed by atoms with van der Waals surface area (Å²) in [7, 11) is 0. The van der Waals surface area contributed by atoms with Crippen LogP contribution in [0.25, 0.3) is 0 Å². The average molecular weight is 458 g/mol. The second-order valence-electron chi connectivity index (χ2n) is 9.33. The zero-order chi connectivity index (χ0) is 23.8. The first-order valence-corrected chi connectivity index (χ1v) is 12.3. The van der Waals surface area contributed by atoms with E-state index in [2.05, 4.69) is 36.3 Å². The van der Waals surface area contributed by atoms with Gasteiger partial charge in [0.2, 0.25) is 5.91 Å². The zero-order valence-corrected chi connectivity index (χ0v) is 20.3. The second kappa shape index (κ2) is 11.4. The quantitative estimate of drug-likeness (QED) is 0.559. The van der Waals surface area contributed by atoms with Crippen molar-refractivity contribution < 1.29 is 14.4 Å². The first-order valence-electron chi connectivity index (χ1n) is 12.3. The molecule has 2 fully saturated rings. The van der Waals surface area contributed by atoms with Crippen LogP contribution in [0.4, 0.5) is 10.5 Å². The van der Waals surface area contributed by atoms with Gasteiger partial charge >= 0.3 is 6.03 Å². The molecule has 2 N–H and O–H groups in total. The Bertz CT molecular complexity index is 808. The monoisotopic (exact) mass is 457 g/mol. The number of anilines is 1. The van der Waals surface area contributed by atoms with Crippen LogP contribution < -0.4 is 15.5 Å². The summed E-state index contributed by atoms with van der Waals surface area (Å²) >= 11 is 0. The molecule has 3 rings (SSSR count). The lowest BCUT2D eigenvalue weighted by atomic mass is 9.85. The van der Waals surface area contributed by atoms with Crippen molar-refractivity contribution in [2.75, 3.05) is 44.3 Å². The van der Waals surface area contributed by atoms with Gasteiger partial charge in [-0.05, 0) is 37.3 Å². The number of unbranched alkanes of at least 4 members (excludes halogenated alkanes) is 1. The van der Waals surface area contributed by atoms with E-state index in [9.17, 15) is 14.4 Å². The van der Waals surface area contributed by atoms with E-state index < -0.39 is 5.54 Å². The molecule has 33 heavy (non-hydrogen) atoms. The van der Waals surface area contributed by atoms with E-state index in [-0.39, 0.29) is 24.4 Å². The van der Waals surface area contributed by atoms with Crippen LogP contribution >= 0.6 is 0 Å². The Hall–Kier alpha value is -2.77. The van der Waals surface area contributed by atoms with E-state index in [0.717, 1.165) is 24.9 Å². The van der Waals surface area contributed by atoms with Crippen molar-refractivity contribution in [2.45, 2.75) is 58.4 Å². The summed E-state index contributed by atoms with van der Waals surface area (Å²) in [5.74, 6) is 0.265. The average Bonchev–Trinajstić information content (AvgIpc) is 3.09. The maximum absolute atomic E-state index is 13.7. The smallest absolute Gasteiger partial charge is 0.317 e. The molecule has 0 aromatic heterocycles. The van der Waals surface area contributed by atoms with Crippen LogP contribution in [0.15, 0.2) is 30.3 Å². The lowest BCUT2D eigenvalue weighted by Gasteiger charge is -2.43. The number of rotatable bonds is 9. The second-order valence-corrected chi connectivity index (χ2v) is 9.33. The number of carbonyl (C=O) groups excluding carboxylic acids is 3. The summed E-state index contributed by atoms with van der Waals surface area (Å²) in [6.07, 6.45) is 4.08. The third-order valence-electron chi connectivity index (χ3n) is 6.95. The fourth-order valence-corrected chi connectivity index (χ4v) is 4.55. The number of nitrogens with one attached hydrogen (secondary N) is 2. The fourth-order valence-electron chi connectivity index (χ4n) is 4.55. The molecular weight excluding hydrogens is 418 g/mol. The number of benzene rings is 1. The SMILES string of the molecule is CCCCNC(=O)N1CCC2(CC1)C(=O)N(CC(=O)NCC(C)CC)CN2c1ccccc1. The normalized spacial score (nSPS) is 18.5. The van der Waals surface area contributed by atoms with Gasteiger partial charge in [-0.25, -0.2) is 4.79 Å². The molecule has 1 aromatic rings. The first kappa shape index (κ1) is 24.9. The highest BCUT2D eigenvalue weighted by atomic mass is 16.2. The molecule has 182 valence electrons. The number of urea groups is 1. The molecule has 0 radical (unpaired) electrons. The third kappa shape index (κ3) is 5.78. The highest BCUT2D eigenvalue weighted by Crippen LogP contribution is 2.39. The van der Waals surface area contributed by atoms with E-state index in [1.165, 1.54) is 0 Å². The van der Waals surface area contributed by atoms with Gasteiger partial charge in [0, 0.05) is 31.9 Å². The van der Waals surface area contributed by atoms with Gasteiger partial charge in [-0.2, -0.15) is 0 Å². The standard InChI is InChI=1S/C25H39N5O3/c1-4-6-14-26-24(33)28-15-12-25(13-16-28)23(32)29(18-22(31)27-17-20(3)5-2)19-30(25)21-10-8-7-9-11-21/h7-11,20H,4-6,12-19H2,1-3H3,(H,26,33)(H,27,31). The van der Waals surface area contributed by atoms with E-state index in [0.29, 0.717) is 51.6 Å². The summed E-state index contributed by atoms with van der Waals surface area (Å²) in [4.78, 5) is 44.3. The molecule has 2 heterocycles. The molecule has 0 aliphatic carbocycles. The van der Waals surface area contributed by atoms with Crippen molar-refractivity contribution in [3.63, 3.8) is 0 Å². The fraction of sp³-hybridized carbons (Fsp3) is 0.640. The van der Waals surface area contributed by atoms with Crippen LogP contribution in [0.3, 0.4) is 0 Å². The Balaban J connectivity index is 1.71. The topological polar surface area (TPSA) is 85.0 Å². The van der Waals surface area contributed by atoms with Gasteiger partial charge in [-0.1, -0.05) is 51.8 Å². The minimum atomic E-state index is -0.724. The number of hydrogen-bond acceptors (Lipinski definition) is 4. The van der Waals surface area contributed by atoms with Crippen LogP contribution in [0, 0.1) is 5.92 Å². The van der Waals surface area contributed by atoms with Gasteiger partial charge in [0.05, 0.1) is 6.67 Å². The molecule has 1 spiro atoms. The molecule has 2 saturated heterocycles. The number of nitrogens with zero attached hydrogens (tertiary/aromatic N) is 3. The highest BCUT2D eigenvalue weighted by molar-refractivity contribution is 5.96. The number of piperidine rings is 1. The van der Waals surface area contributed by atoms with Gasteiger partial charge in [-0.15, -0.1) is 0 Å². The zero-order valence-electron chi connectivity index (χ0n) is 20.3. The summed E-state index contributed by atoms with van der Waals surface area (Å²) in [5.41, 5.74) is 0.243. The van der Waals surface area contributed by atoms with Crippen LogP contribution in [0.2, 0.25) is 0 Å². The molecule has 2 aliphatic heterocycles. The predicted octanol–water partition coefficient (Wildman–Crippen LogP) is 2.80. The molecule has 2 aliphatic rings. The Labute approximate surface area is 197 Å². The van der Waals surface area contributed by atoms with Gasteiger partial charge in [-0.3, -0.25) is 9.59 Å². The largest absolute Gasteiger partial charge is 0.354 e. The van der Waals surface area contributed by atoms with Crippen molar-refractivity contribution >= 4 is 23.5 Å². The summed E-state index contributed by atoms with van der Waals surface area (Å²) in [6, 6.07) is 9.83. The van der Waals surface area contributed by atoms with Crippen molar-refractivity contribution in [1.82, 2.24) is 20.4 Å². The minimum Gasteiger partial charge on any atom is -0.354 e. The molecule has 4 amide bonds. The molecule has 0 saturated carbocycles. The lowest BCUT2D eigenvalue weighted by Crippen LogP contribution is -2.58.